The first-order chi connectivity index (χ1) is 3.66. The monoisotopic (exact) mass is 132 g/mol. The number of hydrogen-bond donors (Lipinski definition) is 1. The third kappa shape index (κ3) is 3.81. The second-order valence-corrected chi connectivity index (χ2v) is 2.10. The molecule has 3 heteroatoms. The number of rotatable bonds is 3. The van der Waals surface area contributed by atoms with Gasteiger partial charge in [0.1, 0.15) is 0 Å². The molecule has 0 aliphatic carbocycles. The van der Waals surface area contributed by atoms with E-state index in [9.17, 15) is 0 Å². The van der Waals surface area contributed by atoms with Gasteiger partial charge in [-0.3, -0.25) is 10.4 Å². The van der Waals surface area contributed by atoms with Crippen LogP contribution in [0.2, 0.25) is 0 Å². The van der Waals surface area contributed by atoms with Gasteiger partial charge in [0.2, 0.25) is 0 Å². The first-order valence-electron chi connectivity index (χ1n) is 2.35. The number of nitrogens with zero attached hydrogens (tertiary/aromatic N) is 1. The van der Waals surface area contributed by atoms with E-state index in [-0.39, 0.29) is 11.2 Å². The predicted octanol–water partition coefficient (Wildman–Crippen LogP) is 1.68. The van der Waals surface area contributed by atoms with E-state index in [1.807, 2.05) is 6.92 Å². The lowest BCUT2D eigenvalue weighted by Gasteiger charge is -1.98. The molecule has 0 amide bonds. The van der Waals surface area contributed by atoms with Crippen molar-refractivity contribution >= 4 is 23.5 Å². The Balaban J connectivity index is 3.38. The molecule has 0 spiro atoms. The van der Waals surface area contributed by atoms with Crippen LogP contribution in [-0.2, 0) is 0 Å². The van der Waals surface area contributed by atoms with Crippen LogP contribution in [0.3, 0.4) is 0 Å². The van der Waals surface area contributed by atoms with Gasteiger partial charge in [0.05, 0.1) is 11.2 Å². The average molecular weight is 133 g/mol. The van der Waals surface area contributed by atoms with E-state index in [4.69, 9.17) is 17.0 Å². The molecule has 0 bridgehead atoms. The summed E-state index contributed by atoms with van der Waals surface area (Å²) in [6.07, 6.45) is 0.505. The molecule has 0 aliphatic heterocycles. The normalized spacial score (nSPS) is 12.8. The number of aliphatic imine (C=N–C) groups is 1. The first-order valence-corrected chi connectivity index (χ1v) is 2.73. The molecule has 8 heavy (non-hydrogen) atoms. The Bertz CT molecular complexity index is 101. The minimum Gasteiger partial charge on any atom is -0.297 e. The highest BCUT2D eigenvalue weighted by atomic mass is 35.5. The molecule has 0 aromatic heterocycles. The highest BCUT2D eigenvalue weighted by Crippen LogP contribution is 1.98. The summed E-state index contributed by atoms with van der Waals surface area (Å²) >= 11 is 5.25. The Morgan fingerprint density at radius 1 is 2.00 bits per heavy atom. The van der Waals surface area contributed by atoms with Crippen LogP contribution in [0.25, 0.3) is 0 Å². The molecule has 0 saturated carbocycles. The molecule has 1 unspecified atom stereocenters. The molecule has 0 aromatic rings. The minimum atomic E-state index is 0.0833. The van der Waals surface area contributed by atoms with Crippen LogP contribution in [0.4, 0.5) is 0 Å². The van der Waals surface area contributed by atoms with E-state index in [1.54, 1.807) is 0 Å². The molecule has 2 nitrogen and oxygen atoms in total. The van der Waals surface area contributed by atoms with Crippen molar-refractivity contribution in [1.29, 1.82) is 5.41 Å². The zero-order valence-corrected chi connectivity index (χ0v) is 5.57. The zero-order chi connectivity index (χ0) is 6.57. The maximum atomic E-state index is 6.81. The van der Waals surface area contributed by atoms with E-state index in [0.29, 0.717) is 6.42 Å². The summed E-state index contributed by atoms with van der Waals surface area (Å²) in [4.78, 5) is 3.65. The quantitative estimate of drug-likeness (QED) is 0.568. The Morgan fingerprint density at radius 2 is 2.50 bits per heavy atom. The van der Waals surface area contributed by atoms with Gasteiger partial charge in [-0.05, 0) is 13.6 Å². The molecule has 1 N–H and O–H groups in total. The van der Waals surface area contributed by atoms with Crippen LogP contribution in [0.5, 0.6) is 0 Å². The van der Waals surface area contributed by atoms with E-state index in [1.165, 1.54) is 0 Å². The Hall–Kier alpha value is -0.370. The smallest absolute Gasteiger partial charge is 0.0990 e. The van der Waals surface area contributed by atoms with Crippen molar-refractivity contribution in [3.63, 3.8) is 0 Å². The fourth-order valence-electron chi connectivity index (χ4n) is 0.324. The number of nitrogens with one attached hydrogen (secondary N) is 1. The Kier molecular flexibility index (Phi) is 3.44. The first kappa shape index (κ1) is 7.63. The standard InChI is InChI=1S/C5H9ClN2/c1-4(8-2)3-5(6)7/h4,7H,2-3H2,1H3. The van der Waals surface area contributed by atoms with Gasteiger partial charge in [-0.2, -0.15) is 0 Å². The topological polar surface area (TPSA) is 36.2 Å². The fourth-order valence-corrected chi connectivity index (χ4v) is 0.547. The molecule has 46 valence electrons. The summed E-state index contributed by atoms with van der Waals surface area (Å²) in [5, 5.41) is 6.95. The average Bonchev–Trinajstić information content (AvgIpc) is 1.65. The predicted molar refractivity (Wildman–Crippen MR) is 37.2 cm³/mol. The van der Waals surface area contributed by atoms with Crippen molar-refractivity contribution in [2.45, 2.75) is 19.4 Å². The fraction of sp³-hybridized carbons (Fsp3) is 0.600. The van der Waals surface area contributed by atoms with Crippen LogP contribution in [-0.4, -0.2) is 17.9 Å². The summed E-state index contributed by atoms with van der Waals surface area (Å²) in [7, 11) is 0. The van der Waals surface area contributed by atoms with Crippen molar-refractivity contribution in [2.75, 3.05) is 0 Å². The maximum Gasteiger partial charge on any atom is 0.0990 e. The lowest BCUT2D eigenvalue weighted by molar-refractivity contribution is 0.791. The van der Waals surface area contributed by atoms with Gasteiger partial charge in [0.15, 0.2) is 0 Å². The maximum absolute atomic E-state index is 6.81. The molecular weight excluding hydrogens is 124 g/mol. The van der Waals surface area contributed by atoms with Crippen LogP contribution in [0.15, 0.2) is 4.99 Å². The van der Waals surface area contributed by atoms with E-state index in [2.05, 4.69) is 11.7 Å². The molecule has 0 aliphatic rings. The van der Waals surface area contributed by atoms with Gasteiger partial charge in [-0.15, -0.1) is 0 Å². The Morgan fingerprint density at radius 3 is 2.62 bits per heavy atom. The zero-order valence-electron chi connectivity index (χ0n) is 4.82. The van der Waals surface area contributed by atoms with Crippen molar-refractivity contribution in [1.82, 2.24) is 0 Å². The number of hydrogen-bond acceptors (Lipinski definition) is 2. The molecule has 0 aromatic carbocycles. The highest BCUT2D eigenvalue weighted by Gasteiger charge is 1.97. The summed E-state index contributed by atoms with van der Waals surface area (Å²) in [6, 6.07) is 0.0833. The summed E-state index contributed by atoms with van der Waals surface area (Å²) in [6.45, 7) is 5.17. The van der Waals surface area contributed by atoms with Crippen LogP contribution in [0, 0.1) is 5.41 Å². The largest absolute Gasteiger partial charge is 0.297 e. The molecule has 0 fully saturated rings. The second kappa shape index (κ2) is 3.61. The van der Waals surface area contributed by atoms with Crippen molar-refractivity contribution in [3.8, 4) is 0 Å². The summed E-state index contributed by atoms with van der Waals surface area (Å²) in [5.41, 5.74) is 0. The second-order valence-electron chi connectivity index (χ2n) is 1.64. The van der Waals surface area contributed by atoms with E-state index < -0.39 is 0 Å². The minimum absolute atomic E-state index is 0.0833. The molecule has 0 saturated heterocycles. The van der Waals surface area contributed by atoms with Gasteiger partial charge in [-0.25, -0.2) is 0 Å². The molecular formula is C5H9ClN2. The van der Waals surface area contributed by atoms with Crippen LogP contribution >= 0.6 is 11.6 Å². The molecule has 1 atom stereocenters. The third-order valence-electron chi connectivity index (χ3n) is 0.786. The Labute approximate surface area is 54.1 Å². The van der Waals surface area contributed by atoms with E-state index in [0.717, 1.165) is 0 Å². The molecule has 0 radical (unpaired) electrons. The van der Waals surface area contributed by atoms with Crippen molar-refractivity contribution in [3.05, 3.63) is 0 Å². The van der Waals surface area contributed by atoms with Gasteiger partial charge >= 0.3 is 0 Å². The summed E-state index contributed by atoms with van der Waals surface area (Å²) < 4.78 is 0. The third-order valence-corrected chi connectivity index (χ3v) is 0.941. The van der Waals surface area contributed by atoms with Gasteiger partial charge in [-0.1, -0.05) is 11.6 Å². The number of halogens is 1. The van der Waals surface area contributed by atoms with Crippen molar-refractivity contribution in [2.24, 2.45) is 4.99 Å². The lowest BCUT2D eigenvalue weighted by atomic mass is 10.3. The van der Waals surface area contributed by atoms with Gasteiger partial charge < -0.3 is 0 Å². The highest BCUT2D eigenvalue weighted by molar-refractivity contribution is 6.64. The van der Waals surface area contributed by atoms with E-state index >= 15 is 0 Å². The molecule has 0 rings (SSSR count). The van der Waals surface area contributed by atoms with Gasteiger partial charge in [0, 0.05) is 6.42 Å². The SMILES string of the molecule is C=NC(C)CC(=N)Cl. The lowest BCUT2D eigenvalue weighted by Crippen LogP contribution is -2.00. The van der Waals surface area contributed by atoms with Gasteiger partial charge in [0.25, 0.3) is 0 Å². The molecule has 0 heterocycles. The van der Waals surface area contributed by atoms with Crippen LogP contribution < -0.4 is 0 Å². The van der Waals surface area contributed by atoms with Crippen LogP contribution in [0.1, 0.15) is 13.3 Å². The van der Waals surface area contributed by atoms with Crippen molar-refractivity contribution < 1.29 is 0 Å². The summed E-state index contributed by atoms with van der Waals surface area (Å²) in [5.74, 6) is 0.